The number of unbranched alkanes of at least 4 members (excludes halogenated alkanes) is 1. The molecule has 156 valence electrons. The van der Waals surface area contributed by atoms with Gasteiger partial charge in [-0.3, -0.25) is 9.36 Å². The molecular weight excluding hydrogens is 404 g/mol. The minimum Gasteiger partial charge on any atom is -0.481 e. The van der Waals surface area contributed by atoms with Gasteiger partial charge in [-0.15, -0.1) is 0 Å². The second-order valence-electron chi connectivity index (χ2n) is 7.19. The Balaban J connectivity index is 1.80. The van der Waals surface area contributed by atoms with Crippen LogP contribution in [-0.2, 0) is 4.79 Å². The molecule has 0 aliphatic carbocycles. The smallest absolute Gasteiger partial charge is 0.303 e. The quantitative estimate of drug-likeness (QED) is 0.242. The summed E-state index contributed by atoms with van der Waals surface area (Å²) in [6.45, 7) is 0. The van der Waals surface area contributed by atoms with Crippen molar-refractivity contribution in [3.8, 4) is 28.2 Å². The molecule has 4 aromatic rings. The number of hydrogen-bond donors (Lipinski definition) is 1. The van der Waals surface area contributed by atoms with Gasteiger partial charge in [0.05, 0.1) is 11.4 Å². The largest absolute Gasteiger partial charge is 0.481 e. The summed E-state index contributed by atoms with van der Waals surface area (Å²) in [6.07, 6.45) is 1.71. The third-order valence-corrected chi connectivity index (χ3v) is 6.00. The molecule has 0 radical (unpaired) electrons. The molecule has 4 rings (SSSR count). The topological polar surface area (TPSA) is 55.1 Å². The molecule has 1 N–H and O–H groups in total. The maximum Gasteiger partial charge on any atom is 0.303 e. The SMILES string of the molecule is O=C(O)CCCCSc1nc(-c2ccccc2)c(-c2ccccc2)n1-c1ccccc1. The summed E-state index contributed by atoms with van der Waals surface area (Å²) < 4.78 is 2.22. The summed E-state index contributed by atoms with van der Waals surface area (Å²) in [5.74, 6) is 0.0769. The standard InChI is InChI=1S/C26H24N2O2S/c29-23(30)18-10-11-19-31-26-27-24(20-12-4-1-5-13-20)25(21-14-6-2-7-15-21)28(26)22-16-8-3-9-17-22/h1-9,12-17H,10-11,18-19H2,(H,29,30). The van der Waals surface area contributed by atoms with Crippen LogP contribution in [0.25, 0.3) is 28.2 Å². The minimum absolute atomic E-state index is 0.207. The Morgan fingerprint density at radius 2 is 1.39 bits per heavy atom. The highest BCUT2D eigenvalue weighted by molar-refractivity contribution is 7.99. The molecule has 0 atom stereocenters. The van der Waals surface area contributed by atoms with Crippen molar-refractivity contribution in [2.45, 2.75) is 24.4 Å². The fraction of sp³-hybridized carbons (Fsp3) is 0.154. The minimum atomic E-state index is -0.742. The molecule has 0 aliphatic heterocycles. The van der Waals surface area contributed by atoms with E-state index in [2.05, 4.69) is 41.0 Å². The first-order valence-corrected chi connectivity index (χ1v) is 11.4. The van der Waals surface area contributed by atoms with Gasteiger partial charge in [0.15, 0.2) is 5.16 Å². The molecule has 0 fully saturated rings. The molecule has 31 heavy (non-hydrogen) atoms. The number of carbonyl (C=O) groups is 1. The number of hydrogen-bond acceptors (Lipinski definition) is 3. The molecule has 3 aromatic carbocycles. The number of rotatable bonds is 9. The van der Waals surface area contributed by atoms with Crippen molar-refractivity contribution in [2.75, 3.05) is 5.75 Å². The monoisotopic (exact) mass is 428 g/mol. The van der Waals surface area contributed by atoms with Gasteiger partial charge in [0, 0.05) is 29.0 Å². The summed E-state index contributed by atoms with van der Waals surface area (Å²) in [7, 11) is 0. The number of imidazole rings is 1. The normalized spacial score (nSPS) is 10.8. The van der Waals surface area contributed by atoms with Crippen LogP contribution in [0.3, 0.4) is 0 Å². The number of nitrogens with zero attached hydrogens (tertiary/aromatic N) is 2. The van der Waals surface area contributed by atoms with Crippen molar-refractivity contribution in [2.24, 2.45) is 0 Å². The van der Waals surface area contributed by atoms with E-state index in [0.29, 0.717) is 6.42 Å². The molecule has 0 saturated heterocycles. The number of carboxylic acids is 1. The summed E-state index contributed by atoms with van der Waals surface area (Å²) in [5, 5.41) is 9.81. The van der Waals surface area contributed by atoms with Gasteiger partial charge in [-0.2, -0.15) is 0 Å². The van der Waals surface area contributed by atoms with E-state index in [0.717, 1.165) is 45.5 Å². The van der Waals surface area contributed by atoms with Crippen LogP contribution < -0.4 is 0 Å². The Hall–Kier alpha value is -3.31. The van der Waals surface area contributed by atoms with Crippen molar-refractivity contribution in [3.05, 3.63) is 91.0 Å². The Bertz CT molecular complexity index is 1130. The molecular formula is C26H24N2O2S. The maximum absolute atomic E-state index is 10.8. The number of benzene rings is 3. The van der Waals surface area contributed by atoms with Crippen LogP contribution in [0.4, 0.5) is 0 Å². The zero-order valence-corrected chi connectivity index (χ0v) is 18.0. The van der Waals surface area contributed by atoms with E-state index in [9.17, 15) is 4.79 Å². The number of carboxylic acid groups (broad SMARTS) is 1. The molecule has 0 unspecified atom stereocenters. The van der Waals surface area contributed by atoms with E-state index in [-0.39, 0.29) is 6.42 Å². The Morgan fingerprint density at radius 3 is 2.00 bits per heavy atom. The van der Waals surface area contributed by atoms with Gasteiger partial charge in [-0.1, -0.05) is 90.6 Å². The van der Waals surface area contributed by atoms with Crippen LogP contribution in [0.1, 0.15) is 19.3 Å². The molecule has 0 aliphatic rings. The van der Waals surface area contributed by atoms with E-state index in [1.165, 1.54) is 0 Å². The number of thioether (sulfide) groups is 1. The summed E-state index contributed by atoms with van der Waals surface area (Å²) in [6, 6.07) is 30.9. The fourth-order valence-electron chi connectivity index (χ4n) is 3.51. The third-order valence-electron chi connectivity index (χ3n) is 4.97. The van der Waals surface area contributed by atoms with Gasteiger partial charge in [-0.25, -0.2) is 4.98 Å². The predicted octanol–water partition coefficient (Wildman–Crippen LogP) is 6.55. The zero-order valence-electron chi connectivity index (χ0n) is 17.1. The lowest BCUT2D eigenvalue weighted by Crippen LogP contribution is -2.00. The maximum atomic E-state index is 10.8. The Kier molecular flexibility index (Phi) is 6.85. The summed E-state index contributed by atoms with van der Waals surface area (Å²) in [4.78, 5) is 15.9. The molecule has 0 spiro atoms. The van der Waals surface area contributed by atoms with Crippen LogP contribution in [0.15, 0.2) is 96.2 Å². The van der Waals surface area contributed by atoms with Gasteiger partial charge in [0.2, 0.25) is 0 Å². The van der Waals surface area contributed by atoms with Crippen LogP contribution in [0.2, 0.25) is 0 Å². The first kappa shape index (κ1) is 20.9. The summed E-state index contributed by atoms with van der Waals surface area (Å²) >= 11 is 1.68. The van der Waals surface area contributed by atoms with E-state index in [1.54, 1.807) is 11.8 Å². The highest BCUT2D eigenvalue weighted by Crippen LogP contribution is 2.38. The number of para-hydroxylation sites is 1. The molecule has 5 heteroatoms. The van der Waals surface area contributed by atoms with E-state index in [4.69, 9.17) is 10.1 Å². The zero-order chi connectivity index (χ0) is 21.5. The average Bonchev–Trinajstić information content (AvgIpc) is 3.20. The second kappa shape index (κ2) is 10.1. The molecule has 0 amide bonds. The Labute approximate surface area is 186 Å². The van der Waals surface area contributed by atoms with Crippen molar-refractivity contribution in [1.29, 1.82) is 0 Å². The van der Waals surface area contributed by atoms with Crippen molar-refractivity contribution in [3.63, 3.8) is 0 Å². The average molecular weight is 429 g/mol. The first-order valence-electron chi connectivity index (χ1n) is 10.4. The molecule has 1 aromatic heterocycles. The molecule has 0 bridgehead atoms. The van der Waals surface area contributed by atoms with Gasteiger partial charge in [0.25, 0.3) is 0 Å². The lowest BCUT2D eigenvalue weighted by molar-refractivity contribution is -0.137. The van der Waals surface area contributed by atoms with Crippen LogP contribution >= 0.6 is 11.8 Å². The molecule has 4 nitrogen and oxygen atoms in total. The number of aliphatic carboxylic acids is 1. The Morgan fingerprint density at radius 1 is 0.806 bits per heavy atom. The van der Waals surface area contributed by atoms with Gasteiger partial charge in [0.1, 0.15) is 0 Å². The number of aromatic nitrogens is 2. The molecule has 1 heterocycles. The lowest BCUT2D eigenvalue weighted by Gasteiger charge is -2.13. The van der Waals surface area contributed by atoms with Crippen LogP contribution in [0, 0.1) is 0 Å². The van der Waals surface area contributed by atoms with Crippen LogP contribution in [-0.4, -0.2) is 26.4 Å². The van der Waals surface area contributed by atoms with E-state index in [1.807, 2.05) is 54.6 Å². The summed E-state index contributed by atoms with van der Waals surface area (Å²) in [5.41, 5.74) is 5.25. The van der Waals surface area contributed by atoms with Crippen molar-refractivity contribution < 1.29 is 9.90 Å². The van der Waals surface area contributed by atoms with Gasteiger partial charge >= 0.3 is 5.97 Å². The second-order valence-corrected chi connectivity index (χ2v) is 8.26. The third kappa shape index (κ3) is 5.06. The van der Waals surface area contributed by atoms with Crippen LogP contribution in [0.5, 0.6) is 0 Å². The van der Waals surface area contributed by atoms with Gasteiger partial charge in [-0.05, 0) is 25.0 Å². The highest BCUT2D eigenvalue weighted by Gasteiger charge is 2.21. The first-order chi connectivity index (χ1) is 15.2. The van der Waals surface area contributed by atoms with Crippen molar-refractivity contribution >= 4 is 17.7 Å². The highest BCUT2D eigenvalue weighted by atomic mass is 32.2. The lowest BCUT2D eigenvalue weighted by atomic mass is 10.0. The molecule has 0 saturated carbocycles. The fourth-order valence-corrected chi connectivity index (χ4v) is 4.53. The van der Waals surface area contributed by atoms with E-state index >= 15 is 0 Å². The predicted molar refractivity (Wildman–Crippen MR) is 127 cm³/mol. The van der Waals surface area contributed by atoms with E-state index < -0.39 is 5.97 Å². The van der Waals surface area contributed by atoms with Crippen molar-refractivity contribution in [1.82, 2.24) is 9.55 Å². The van der Waals surface area contributed by atoms with Gasteiger partial charge < -0.3 is 5.11 Å².